The molecular formula is C16H16FN3O2S. The fraction of sp³-hybridized carbons (Fsp3) is 0.188. The van der Waals surface area contributed by atoms with E-state index in [1.54, 1.807) is 18.5 Å². The van der Waals surface area contributed by atoms with Gasteiger partial charge in [0.25, 0.3) is 0 Å². The van der Waals surface area contributed by atoms with Gasteiger partial charge in [0.15, 0.2) is 0 Å². The molecular weight excluding hydrogens is 317 g/mol. The van der Waals surface area contributed by atoms with Gasteiger partial charge in [0.1, 0.15) is 5.82 Å². The first-order valence-corrected chi connectivity index (χ1v) is 8.60. The molecule has 7 heteroatoms. The van der Waals surface area contributed by atoms with Crippen molar-refractivity contribution in [2.45, 2.75) is 5.75 Å². The molecule has 0 spiro atoms. The third-order valence-electron chi connectivity index (χ3n) is 3.75. The van der Waals surface area contributed by atoms with Gasteiger partial charge in [-0.3, -0.25) is 4.31 Å². The van der Waals surface area contributed by atoms with Gasteiger partial charge in [-0.05, 0) is 35.9 Å². The quantitative estimate of drug-likeness (QED) is 0.738. The first-order valence-electron chi connectivity index (χ1n) is 6.99. The Morgan fingerprint density at radius 1 is 1.17 bits per heavy atom. The molecule has 0 fully saturated rings. The van der Waals surface area contributed by atoms with Crippen LogP contribution >= 0.6 is 0 Å². The van der Waals surface area contributed by atoms with E-state index in [4.69, 9.17) is 0 Å². The second kappa shape index (κ2) is 5.66. The van der Waals surface area contributed by atoms with Crippen LogP contribution in [0, 0.1) is 5.82 Å². The summed E-state index contributed by atoms with van der Waals surface area (Å²) in [5.74, 6) is -0.579. The van der Waals surface area contributed by atoms with Crippen LogP contribution in [0.2, 0.25) is 0 Å². The molecule has 0 unspecified atom stereocenters. The molecule has 0 bridgehead atoms. The Labute approximate surface area is 134 Å². The predicted octanol–water partition coefficient (Wildman–Crippen LogP) is 2.68. The van der Waals surface area contributed by atoms with Gasteiger partial charge in [0.05, 0.1) is 28.8 Å². The van der Waals surface area contributed by atoms with Crippen LogP contribution in [0.15, 0.2) is 48.8 Å². The second-order valence-electron chi connectivity index (χ2n) is 5.38. The third-order valence-corrected chi connectivity index (χ3v) is 5.50. The topological polar surface area (TPSA) is 55.2 Å². The number of rotatable bonds is 4. The summed E-state index contributed by atoms with van der Waals surface area (Å²) in [6.45, 7) is 0. The van der Waals surface area contributed by atoms with E-state index >= 15 is 0 Å². The van der Waals surface area contributed by atoms with Crippen molar-refractivity contribution in [1.29, 1.82) is 0 Å². The average Bonchev–Trinajstić information content (AvgIpc) is 2.89. The highest BCUT2D eigenvalue weighted by Crippen LogP contribution is 2.23. The Morgan fingerprint density at radius 2 is 1.87 bits per heavy atom. The minimum absolute atomic E-state index is 0.190. The number of nitrogens with zero attached hydrogens (tertiary/aromatic N) is 3. The van der Waals surface area contributed by atoms with Crippen molar-refractivity contribution in [3.05, 3.63) is 60.2 Å². The van der Waals surface area contributed by atoms with Crippen LogP contribution in [0.25, 0.3) is 11.0 Å². The van der Waals surface area contributed by atoms with Crippen molar-refractivity contribution < 1.29 is 12.8 Å². The van der Waals surface area contributed by atoms with E-state index in [2.05, 4.69) is 4.98 Å². The summed E-state index contributed by atoms with van der Waals surface area (Å²) in [5.41, 5.74) is 2.74. The van der Waals surface area contributed by atoms with E-state index in [9.17, 15) is 12.8 Å². The van der Waals surface area contributed by atoms with Crippen LogP contribution in [0.5, 0.6) is 0 Å². The Bertz CT molecular complexity index is 949. The summed E-state index contributed by atoms with van der Waals surface area (Å²) >= 11 is 0. The molecule has 0 aliphatic rings. The maximum atomic E-state index is 12.9. The number of hydrogen-bond acceptors (Lipinski definition) is 3. The summed E-state index contributed by atoms with van der Waals surface area (Å²) in [7, 11) is -0.183. The van der Waals surface area contributed by atoms with E-state index < -0.39 is 10.0 Å². The Hall–Kier alpha value is -2.41. The van der Waals surface area contributed by atoms with E-state index in [1.807, 2.05) is 17.7 Å². The van der Waals surface area contributed by atoms with Crippen LogP contribution in [0.1, 0.15) is 5.56 Å². The smallest absolute Gasteiger partial charge is 0.239 e. The van der Waals surface area contributed by atoms with Gasteiger partial charge in [0, 0.05) is 14.1 Å². The molecule has 0 aliphatic carbocycles. The molecule has 0 radical (unpaired) electrons. The molecule has 5 nitrogen and oxygen atoms in total. The average molecular weight is 333 g/mol. The summed E-state index contributed by atoms with van der Waals surface area (Å²) in [6, 6.07) is 10.8. The van der Waals surface area contributed by atoms with Gasteiger partial charge in [-0.2, -0.15) is 0 Å². The van der Waals surface area contributed by atoms with Gasteiger partial charge in [-0.25, -0.2) is 17.8 Å². The molecule has 0 saturated carbocycles. The number of halogens is 1. The molecule has 0 N–H and O–H groups in total. The number of aryl methyl sites for hydroxylation is 1. The van der Waals surface area contributed by atoms with Crippen molar-refractivity contribution in [3.8, 4) is 0 Å². The van der Waals surface area contributed by atoms with Crippen LogP contribution in [-0.4, -0.2) is 25.0 Å². The van der Waals surface area contributed by atoms with Gasteiger partial charge < -0.3 is 4.57 Å². The number of sulfonamides is 1. The lowest BCUT2D eigenvalue weighted by Crippen LogP contribution is -2.27. The number of aromatic nitrogens is 2. The minimum atomic E-state index is -3.56. The van der Waals surface area contributed by atoms with Gasteiger partial charge in [0.2, 0.25) is 10.0 Å². The van der Waals surface area contributed by atoms with Crippen LogP contribution in [-0.2, 0) is 22.8 Å². The lowest BCUT2D eigenvalue weighted by molar-refractivity contribution is 0.593. The van der Waals surface area contributed by atoms with Crippen molar-refractivity contribution in [3.63, 3.8) is 0 Å². The maximum absolute atomic E-state index is 12.9. The van der Waals surface area contributed by atoms with Crippen LogP contribution in [0.3, 0.4) is 0 Å². The highest BCUT2D eigenvalue weighted by Gasteiger charge is 2.20. The lowest BCUT2D eigenvalue weighted by Gasteiger charge is -2.19. The van der Waals surface area contributed by atoms with Gasteiger partial charge >= 0.3 is 0 Å². The number of imidazole rings is 1. The fourth-order valence-electron chi connectivity index (χ4n) is 2.37. The summed E-state index contributed by atoms with van der Waals surface area (Å²) in [5, 5.41) is 0. The zero-order chi connectivity index (χ0) is 16.6. The largest absolute Gasteiger partial charge is 0.334 e. The molecule has 0 saturated heterocycles. The Morgan fingerprint density at radius 3 is 2.57 bits per heavy atom. The first-order chi connectivity index (χ1) is 10.9. The molecule has 2 aromatic carbocycles. The lowest BCUT2D eigenvalue weighted by atomic mass is 10.2. The summed E-state index contributed by atoms with van der Waals surface area (Å²) in [4.78, 5) is 4.24. The van der Waals surface area contributed by atoms with E-state index in [-0.39, 0.29) is 11.6 Å². The summed E-state index contributed by atoms with van der Waals surface area (Å²) in [6.07, 6.45) is 1.68. The van der Waals surface area contributed by atoms with Crippen molar-refractivity contribution >= 4 is 26.7 Å². The molecule has 0 aliphatic heterocycles. The first kappa shape index (κ1) is 15.5. The van der Waals surface area contributed by atoms with Crippen LogP contribution in [0.4, 0.5) is 10.1 Å². The number of anilines is 1. The second-order valence-corrected chi connectivity index (χ2v) is 7.38. The fourth-order valence-corrected chi connectivity index (χ4v) is 3.61. The zero-order valence-corrected chi connectivity index (χ0v) is 13.6. The van der Waals surface area contributed by atoms with Crippen molar-refractivity contribution in [2.24, 2.45) is 7.05 Å². The third kappa shape index (κ3) is 3.05. The molecule has 0 atom stereocenters. The standard InChI is InChI=1S/C16H16FN3O2S/c1-19-11-18-15-9-14(7-8-16(15)19)20(2)23(21,22)10-12-3-5-13(17)6-4-12/h3-9,11H,10H2,1-2H3. The van der Waals surface area contributed by atoms with Crippen molar-refractivity contribution in [1.82, 2.24) is 9.55 Å². The van der Waals surface area contributed by atoms with Gasteiger partial charge in [-0.1, -0.05) is 12.1 Å². The Balaban J connectivity index is 1.89. The molecule has 0 amide bonds. The molecule has 23 heavy (non-hydrogen) atoms. The molecule has 1 heterocycles. The van der Waals surface area contributed by atoms with Gasteiger partial charge in [-0.15, -0.1) is 0 Å². The minimum Gasteiger partial charge on any atom is -0.334 e. The summed E-state index contributed by atoms with van der Waals surface area (Å²) < 4.78 is 41.1. The SMILES string of the molecule is CN(c1ccc2c(c1)ncn2C)S(=O)(=O)Cc1ccc(F)cc1. The highest BCUT2D eigenvalue weighted by atomic mass is 32.2. The Kier molecular flexibility index (Phi) is 3.81. The normalized spacial score (nSPS) is 11.8. The molecule has 120 valence electrons. The van der Waals surface area contributed by atoms with E-state index in [0.29, 0.717) is 11.3 Å². The maximum Gasteiger partial charge on any atom is 0.239 e. The number of hydrogen-bond donors (Lipinski definition) is 0. The van der Waals surface area contributed by atoms with Crippen LogP contribution < -0.4 is 4.31 Å². The zero-order valence-electron chi connectivity index (χ0n) is 12.8. The monoisotopic (exact) mass is 333 g/mol. The highest BCUT2D eigenvalue weighted by molar-refractivity contribution is 7.92. The predicted molar refractivity (Wildman–Crippen MR) is 88.1 cm³/mol. The molecule has 3 rings (SSSR count). The van der Waals surface area contributed by atoms with E-state index in [1.165, 1.54) is 35.6 Å². The molecule has 3 aromatic rings. The molecule has 1 aromatic heterocycles. The number of fused-ring (bicyclic) bond motifs is 1. The number of benzene rings is 2. The van der Waals surface area contributed by atoms with E-state index in [0.717, 1.165) is 11.0 Å². The van der Waals surface area contributed by atoms with Crippen molar-refractivity contribution in [2.75, 3.05) is 11.4 Å².